The molecule has 0 atom stereocenters. The van der Waals surface area contributed by atoms with Crippen molar-refractivity contribution in [3.05, 3.63) is 0 Å². The first-order valence-electron chi connectivity index (χ1n) is 8.13. The van der Waals surface area contributed by atoms with Crippen LogP contribution in [0.4, 0.5) is 4.79 Å². The molecule has 3 N–H and O–H groups in total. The van der Waals surface area contributed by atoms with Crippen molar-refractivity contribution in [2.75, 3.05) is 40.3 Å². The van der Waals surface area contributed by atoms with Crippen LogP contribution in [0.1, 0.15) is 41.5 Å². The van der Waals surface area contributed by atoms with E-state index in [4.69, 9.17) is 4.74 Å². The molecule has 0 aliphatic rings. The van der Waals surface area contributed by atoms with Gasteiger partial charge in [-0.25, -0.2) is 4.79 Å². The van der Waals surface area contributed by atoms with Crippen molar-refractivity contribution >= 4 is 12.1 Å². The number of likely N-dealkylation sites (N-methyl/N-ethyl adjacent to an activating group) is 1. The number of carbonyl (C=O) groups is 1. The highest BCUT2D eigenvalue weighted by Gasteiger charge is 2.24. The average Bonchev–Trinajstić information content (AvgIpc) is 2.39. The first kappa shape index (κ1) is 21.5. The van der Waals surface area contributed by atoms with Crippen LogP contribution in [0, 0.1) is 0 Å². The highest BCUT2D eigenvalue weighted by molar-refractivity contribution is 5.79. The monoisotopic (exact) mass is 329 g/mol. The molecule has 0 aliphatic heterocycles. The number of aliphatic imine (C=N–C) groups is 1. The number of ether oxygens (including phenoxy) is 1. The van der Waals surface area contributed by atoms with Crippen LogP contribution in [0.25, 0.3) is 0 Å². The normalized spacial score (nSPS) is 13.0. The van der Waals surface area contributed by atoms with E-state index in [9.17, 15) is 4.79 Å². The zero-order valence-corrected chi connectivity index (χ0v) is 16.0. The Balaban J connectivity index is 4.25. The first-order chi connectivity index (χ1) is 10.5. The number of rotatable bonds is 7. The highest BCUT2D eigenvalue weighted by Crippen LogP contribution is 2.08. The summed E-state index contributed by atoms with van der Waals surface area (Å²) in [5.41, 5.74) is -0.962. The predicted molar refractivity (Wildman–Crippen MR) is 96.0 cm³/mol. The molecule has 0 bridgehead atoms. The van der Waals surface area contributed by atoms with Crippen molar-refractivity contribution in [1.29, 1.82) is 0 Å². The maximum atomic E-state index is 11.9. The smallest absolute Gasteiger partial charge is 0.408 e. The lowest BCUT2D eigenvalue weighted by molar-refractivity contribution is 0.0474. The van der Waals surface area contributed by atoms with Crippen LogP contribution in [0.5, 0.6) is 0 Å². The molecule has 0 saturated carbocycles. The molecule has 0 rings (SSSR count). The van der Waals surface area contributed by atoms with E-state index >= 15 is 0 Å². The number of carbonyl (C=O) groups excluding carboxylic acids is 1. The standard InChI is InChI=1S/C16H35N5O2/c1-9-21(8)11-10-18-13(17-7)19-12-16(5,6)20-14(22)23-15(2,3)4/h9-12H2,1-8H3,(H,20,22)(H2,17,18,19). The maximum Gasteiger partial charge on any atom is 0.408 e. The lowest BCUT2D eigenvalue weighted by atomic mass is 10.1. The van der Waals surface area contributed by atoms with E-state index in [0.717, 1.165) is 19.6 Å². The van der Waals surface area contributed by atoms with Crippen LogP contribution >= 0.6 is 0 Å². The van der Waals surface area contributed by atoms with Crippen molar-refractivity contribution in [3.63, 3.8) is 0 Å². The van der Waals surface area contributed by atoms with Crippen LogP contribution in [0.15, 0.2) is 4.99 Å². The van der Waals surface area contributed by atoms with Gasteiger partial charge in [0.1, 0.15) is 5.60 Å². The van der Waals surface area contributed by atoms with Gasteiger partial charge in [-0.2, -0.15) is 0 Å². The summed E-state index contributed by atoms with van der Waals surface area (Å²) in [4.78, 5) is 18.3. The van der Waals surface area contributed by atoms with E-state index in [-0.39, 0.29) is 0 Å². The second-order valence-corrected chi connectivity index (χ2v) is 7.26. The topological polar surface area (TPSA) is 78.0 Å². The number of alkyl carbamates (subject to hydrolysis) is 1. The number of hydrogen-bond acceptors (Lipinski definition) is 4. The van der Waals surface area contributed by atoms with Gasteiger partial charge < -0.3 is 25.6 Å². The van der Waals surface area contributed by atoms with Gasteiger partial charge in [0, 0.05) is 26.7 Å². The van der Waals surface area contributed by atoms with Gasteiger partial charge in [0.15, 0.2) is 5.96 Å². The van der Waals surface area contributed by atoms with Crippen LogP contribution in [-0.2, 0) is 4.74 Å². The van der Waals surface area contributed by atoms with Crippen molar-refractivity contribution < 1.29 is 9.53 Å². The van der Waals surface area contributed by atoms with E-state index in [0.29, 0.717) is 12.5 Å². The lowest BCUT2D eigenvalue weighted by Crippen LogP contribution is -2.54. The molecule has 1 amide bonds. The summed E-state index contributed by atoms with van der Waals surface area (Å²) < 4.78 is 5.28. The Bertz CT molecular complexity index is 388. The third kappa shape index (κ3) is 11.7. The van der Waals surface area contributed by atoms with E-state index in [1.165, 1.54) is 0 Å². The molecular weight excluding hydrogens is 294 g/mol. The molecule has 0 aromatic carbocycles. The van der Waals surface area contributed by atoms with Crippen molar-refractivity contribution in [3.8, 4) is 0 Å². The van der Waals surface area contributed by atoms with E-state index in [2.05, 4.69) is 39.8 Å². The van der Waals surface area contributed by atoms with Gasteiger partial charge in [-0.3, -0.25) is 4.99 Å². The van der Waals surface area contributed by atoms with Crippen LogP contribution < -0.4 is 16.0 Å². The molecule has 0 heterocycles. The Hall–Kier alpha value is -1.50. The first-order valence-corrected chi connectivity index (χ1v) is 8.13. The third-order valence-corrected chi connectivity index (χ3v) is 3.09. The van der Waals surface area contributed by atoms with Gasteiger partial charge in [-0.15, -0.1) is 0 Å². The molecule has 136 valence electrons. The summed E-state index contributed by atoms with van der Waals surface area (Å²) in [5.74, 6) is 0.716. The van der Waals surface area contributed by atoms with Gasteiger partial charge in [0.2, 0.25) is 0 Å². The molecule has 0 fully saturated rings. The van der Waals surface area contributed by atoms with Gasteiger partial charge in [-0.05, 0) is 48.2 Å². The third-order valence-electron chi connectivity index (χ3n) is 3.09. The summed E-state index contributed by atoms with van der Waals surface area (Å²) in [7, 11) is 3.80. The van der Waals surface area contributed by atoms with E-state index in [1.54, 1.807) is 7.05 Å². The van der Waals surface area contributed by atoms with Gasteiger partial charge >= 0.3 is 6.09 Å². The fraction of sp³-hybridized carbons (Fsp3) is 0.875. The minimum absolute atomic E-state index is 0.420. The van der Waals surface area contributed by atoms with Crippen LogP contribution in [-0.4, -0.2) is 68.4 Å². The Morgan fingerprint density at radius 1 is 1.17 bits per heavy atom. The Morgan fingerprint density at radius 2 is 1.78 bits per heavy atom. The number of nitrogens with zero attached hydrogens (tertiary/aromatic N) is 2. The van der Waals surface area contributed by atoms with E-state index < -0.39 is 17.2 Å². The number of nitrogens with one attached hydrogen (secondary N) is 3. The van der Waals surface area contributed by atoms with Crippen molar-refractivity contribution in [2.24, 2.45) is 4.99 Å². The molecule has 0 aliphatic carbocycles. The molecule has 0 aromatic rings. The summed E-state index contributed by atoms with van der Waals surface area (Å²) in [5, 5.41) is 9.33. The minimum atomic E-state index is -0.503. The van der Waals surface area contributed by atoms with Crippen LogP contribution in [0.2, 0.25) is 0 Å². The molecule has 0 unspecified atom stereocenters. The SMILES string of the molecule is CCN(C)CCNC(=NC)NCC(C)(C)NC(=O)OC(C)(C)C. The lowest BCUT2D eigenvalue weighted by Gasteiger charge is -2.29. The number of guanidine groups is 1. The quantitative estimate of drug-likeness (QED) is 0.486. The summed E-state index contributed by atoms with van der Waals surface area (Å²) in [6.45, 7) is 14.8. The zero-order chi connectivity index (χ0) is 18.1. The fourth-order valence-electron chi connectivity index (χ4n) is 1.67. The molecular formula is C16H35N5O2. The van der Waals surface area contributed by atoms with Gasteiger partial charge in [-0.1, -0.05) is 6.92 Å². The Labute approximate surface area is 141 Å². The highest BCUT2D eigenvalue weighted by atomic mass is 16.6. The predicted octanol–water partition coefficient (Wildman–Crippen LogP) is 1.41. The number of hydrogen-bond donors (Lipinski definition) is 3. The Kier molecular flexibility index (Phi) is 8.97. The second-order valence-electron chi connectivity index (χ2n) is 7.26. The molecule has 7 heteroatoms. The van der Waals surface area contributed by atoms with Crippen molar-refractivity contribution in [1.82, 2.24) is 20.9 Å². The minimum Gasteiger partial charge on any atom is -0.444 e. The summed E-state index contributed by atoms with van der Waals surface area (Å²) >= 11 is 0. The second kappa shape index (κ2) is 9.60. The number of amides is 1. The molecule has 0 saturated heterocycles. The Morgan fingerprint density at radius 3 is 2.26 bits per heavy atom. The summed E-state index contributed by atoms with van der Waals surface area (Å²) in [6.07, 6.45) is -0.420. The van der Waals surface area contributed by atoms with Gasteiger partial charge in [0.05, 0.1) is 5.54 Å². The van der Waals surface area contributed by atoms with Crippen LogP contribution in [0.3, 0.4) is 0 Å². The maximum absolute atomic E-state index is 11.9. The van der Waals surface area contributed by atoms with Crippen molar-refractivity contribution in [2.45, 2.75) is 52.7 Å². The zero-order valence-electron chi connectivity index (χ0n) is 16.0. The molecule has 7 nitrogen and oxygen atoms in total. The molecule has 0 aromatic heterocycles. The summed E-state index contributed by atoms with van der Waals surface area (Å²) in [6, 6.07) is 0. The van der Waals surface area contributed by atoms with E-state index in [1.807, 2.05) is 34.6 Å². The fourth-order valence-corrected chi connectivity index (χ4v) is 1.67. The molecule has 23 heavy (non-hydrogen) atoms. The van der Waals surface area contributed by atoms with Gasteiger partial charge in [0.25, 0.3) is 0 Å². The molecule has 0 spiro atoms. The largest absolute Gasteiger partial charge is 0.444 e. The average molecular weight is 329 g/mol. The molecule has 0 radical (unpaired) electrons.